The molecule has 0 aliphatic carbocycles. The van der Waals surface area contributed by atoms with Gasteiger partial charge in [0.1, 0.15) is 5.75 Å². The largest absolute Gasteiger partial charge is 0.496 e. The van der Waals surface area contributed by atoms with Crippen LogP contribution < -0.4 is 4.74 Å². The van der Waals surface area contributed by atoms with Crippen LogP contribution in [0.5, 0.6) is 5.75 Å². The van der Waals surface area contributed by atoms with E-state index in [0.29, 0.717) is 11.4 Å². The van der Waals surface area contributed by atoms with Crippen molar-refractivity contribution < 1.29 is 9.84 Å². The Morgan fingerprint density at radius 1 is 1.15 bits per heavy atom. The molecule has 1 unspecified atom stereocenters. The molecule has 1 N–H and O–H groups in total. The summed E-state index contributed by atoms with van der Waals surface area (Å²) in [7, 11) is 1.62. The van der Waals surface area contributed by atoms with Gasteiger partial charge in [0.05, 0.1) is 13.2 Å². The molecule has 0 spiro atoms. The van der Waals surface area contributed by atoms with E-state index in [4.69, 9.17) is 16.3 Å². The molecule has 0 radical (unpaired) electrons. The van der Waals surface area contributed by atoms with E-state index in [0.717, 1.165) is 23.3 Å². The van der Waals surface area contributed by atoms with E-state index in [1.165, 1.54) is 5.56 Å². The Hall–Kier alpha value is -1.51. The number of methoxy groups -OCH3 is 1. The van der Waals surface area contributed by atoms with Gasteiger partial charge in [-0.2, -0.15) is 0 Å². The van der Waals surface area contributed by atoms with Crippen LogP contribution in [0, 0.1) is 0 Å². The molecular weight excluding hydrogens is 272 g/mol. The zero-order valence-electron chi connectivity index (χ0n) is 11.8. The number of rotatable bonds is 5. The summed E-state index contributed by atoms with van der Waals surface area (Å²) in [4.78, 5) is 0. The van der Waals surface area contributed by atoms with Crippen LogP contribution in [-0.4, -0.2) is 12.2 Å². The molecule has 0 aromatic heterocycles. The number of halogens is 1. The zero-order valence-corrected chi connectivity index (χ0v) is 12.5. The van der Waals surface area contributed by atoms with E-state index >= 15 is 0 Å². The van der Waals surface area contributed by atoms with Crippen LogP contribution in [0.2, 0.25) is 5.02 Å². The van der Waals surface area contributed by atoms with Gasteiger partial charge >= 0.3 is 0 Å². The lowest BCUT2D eigenvalue weighted by molar-refractivity contribution is 0.177. The molecular formula is C17H19ClO2. The molecule has 0 saturated carbocycles. The Labute approximate surface area is 125 Å². The Morgan fingerprint density at radius 3 is 2.45 bits per heavy atom. The van der Waals surface area contributed by atoms with Crippen molar-refractivity contribution in [2.75, 3.05) is 7.11 Å². The van der Waals surface area contributed by atoms with Crippen molar-refractivity contribution in [2.24, 2.45) is 0 Å². The van der Waals surface area contributed by atoms with E-state index in [1.54, 1.807) is 13.2 Å². The molecule has 0 saturated heterocycles. The fourth-order valence-corrected chi connectivity index (χ4v) is 2.40. The first-order valence-electron chi connectivity index (χ1n) is 6.73. The molecule has 0 fully saturated rings. The van der Waals surface area contributed by atoms with Crippen molar-refractivity contribution in [3.05, 3.63) is 64.2 Å². The van der Waals surface area contributed by atoms with Crippen molar-refractivity contribution in [1.29, 1.82) is 0 Å². The second-order valence-electron chi connectivity index (χ2n) is 4.77. The monoisotopic (exact) mass is 290 g/mol. The van der Waals surface area contributed by atoms with Gasteiger partial charge in [-0.3, -0.25) is 0 Å². The smallest absolute Gasteiger partial charge is 0.122 e. The molecule has 3 heteroatoms. The Balaban J connectivity index is 2.17. The summed E-state index contributed by atoms with van der Waals surface area (Å²) >= 11 is 6.01. The minimum absolute atomic E-state index is 0.481. The molecule has 0 bridgehead atoms. The molecule has 0 aliphatic heterocycles. The molecule has 2 rings (SSSR count). The first-order valence-corrected chi connectivity index (χ1v) is 7.11. The lowest BCUT2D eigenvalue weighted by Gasteiger charge is -2.14. The van der Waals surface area contributed by atoms with Crippen LogP contribution in [0.4, 0.5) is 0 Å². The number of aryl methyl sites for hydroxylation is 1. The molecule has 2 aromatic carbocycles. The molecule has 1 atom stereocenters. The number of aliphatic hydroxyl groups is 1. The molecule has 2 nitrogen and oxygen atoms in total. The standard InChI is InChI=1S/C17H19ClO2/c1-3-12-4-6-13(7-5-12)16(19)11-14-10-15(18)8-9-17(14)20-2/h4-10,16,19H,3,11H2,1-2H3. The van der Waals surface area contributed by atoms with Crippen LogP contribution in [0.25, 0.3) is 0 Å². The number of ether oxygens (including phenoxy) is 1. The predicted molar refractivity (Wildman–Crippen MR) is 82.5 cm³/mol. The predicted octanol–water partition coefficient (Wildman–Crippen LogP) is 4.19. The summed E-state index contributed by atoms with van der Waals surface area (Å²) in [6.07, 6.45) is 0.918. The first kappa shape index (κ1) is 14.9. The molecule has 106 valence electrons. The van der Waals surface area contributed by atoms with Gasteiger partial charge in [-0.15, -0.1) is 0 Å². The van der Waals surface area contributed by atoms with E-state index in [9.17, 15) is 5.11 Å². The fraction of sp³-hybridized carbons (Fsp3) is 0.294. The van der Waals surface area contributed by atoms with E-state index in [-0.39, 0.29) is 0 Å². The summed E-state index contributed by atoms with van der Waals surface area (Å²) in [6.45, 7) is 2.11. The lowest BCUT2D eigenvalue weighted by Crippen LogP contribution is -2.03. The van der Waals surface area contributed by atoms with Gasteiger partial charge in [-0.25, -0.2) is 0 Å². The van der Waals surface area contributed by atoms with E-state index in [1.807, 2.05) is 36.4 Å². The lowest BCUT2D eigenvalue weighted by atomic mass is 9.99. The summed E-state index contributed by atoms with van der Waals surface area (Å²) in [5.74, 6) is 0.749. The van der Waals surface area contributed by atoms with Crippen LogP contribution in [0.15, 0.2) is 42.5 Å². The third-order valence-electron chi connectivity index (χ3n) is 3.43. The van der Waals surface area contributed by atoms with Gasteiger partial charge < -0.3 is 9.84 Å². The zero-order chi connectivity index (χ0) is 14.5. The maximum atomic E-state index is 10.3. The van der Waals surface area contributed by atoms with Crippen molar-refractivity contribution >= 4 is 11.6 Å². The maximum absolute atomic E-state index is 10.3. The van der Waals surface area contributed by atoms with Crippen molar-refractivity contribution in [1.82, 2.24) is 0 Å². The number of hydrogen-bond acceptors (Lipinski definition) is 2. The number of hydrogen-bond donors (Lipinski definition) is 1. The first-order chi connectivity index (χ1) is 9.63. The van der Waals surface area contributed by atoms with Gasteiger partial charge in [0.25, 0.3) is 0 Å². The Morgan fingerprint density at radius 2 is 1.85 bits per heavy atom. The summed E-state index contributed by atoms with van der Waals surface area (Å²) in [5, 5.41) is 11.0. The molecule has 0 aliphatic rings. The Bertz CT molecular complexity index is 564. The van der Waals surface area contributed by atoms with Crippen molar-refractivity contribution in [3.63, 3.8) is 0 Å². The van der Waals surface area contributed by atoms with Crippen LogP contribution in [-0.2, 0) is 12.8 Å². The van der Waals surface area contributed by atoms with Gasteiger partial charge in [-0.1, -0.05) is 42.8 Å². The average Bonchev–Trinajstić information content (AvgIpc) is 2.47. The van der Waals surface area contributed by atoms with E-state index in [2.05, 4.69) is 6.92 Å². The van der Waals surface area contributed by atoms with E-state index < -0.39 is 6.10 Å². The third-order valence-corrected chi connectivity index (χ3v) is 3.66. The molecule has 20 heavy (non-hydrogen) atoms. The summed E-state index contributed by atoms with van der Waals surface area (Å²) in [5.41, 5.74) is 3.08. The minimum atomic E-state index is -0.562. The highest BCUT2D eigenvalue weighted by Crippen LogP contribution is 2.27. The highest BCUT2D eigenvalue weighted by atomic mass is 35.5. The van der Waals surface area contributed by atoms with Crippen LogP contribution >= 0.6 is 11.6 Å². The quantitative estimate of drug-likeness (QED) is 0.895. The van der Waals surface area contributed by atoms with Gasteiger partial charge in [0.2, 0.25) is 0 Å². The Kier molecular flexibility index (Phi) is 5.05. The normalized spacial score (nSPS) is 12.2. The highest BCUT2D eigenvalue weighted by molar-refractivity contribution is 6.30. The second kappa shape index (κ2) is 6.78. The maximum Gasteiger partial charge on any atom is 0.122 e. The number of benzene rings is 2. The second-order valence-corrected chi connectivity index (χ2v) is 5.21. The molecule has 0 amide bonds. The van der Waals surface area contributed by atoms with Gasteiger partial charge in [0, 0.05) is 11.4 Å². The summed E-state index contributed by atoms with van der Waals surface area (Å²) < 4.78 is 5.30. The fourth-order valence-electron chi connectivity index (χ4n) is 2.21. The number of aliphatic hydroxyl groups excluding tert-OH is 1. The molecule has 2 aromatic rings. The SMILES string of the molecule is CCc1ccc(C(O)Cc2cc(Cl)ccc2OC)cc1. The van der Waals surface area contributed by atoms with Gasteiger partial charge in [-0.05, 0) is 41.3 Å². The van der Waals surface area contributed by atoms with Crippen molar-refractivity contribution in [3.8, 4) is 5.75 Å². The van der Waals surface area contributed by atoms with Crippen molar-refractivity contribution in [2.45, 2.75) is 25.9 Å². The van der Waals surface area contributed by atoms with Crippen LogP contribution in [0.3, 0.4) is 0 Å². The minimum Gasteiger partial charge on any atom is -0.496 e. The van der Waals surface area contributed by atoms with Crippen LogP contribution in [0.1, 0.15) is 29.7 Å². The summed E-state index contributed by atoms with van der Waals surface area (Å²) in [6, 6.07) is 13.5. The highest BCUT2D eigenvalue weighted by Gasteiger charge is 2.12. The molecule has 0 heterocycles. The topological polar surface area (TPSA) is 29.5 Å². The third kappa shape index (κ3) is 3.53. The van der Waals surface area contributed by atoms with Gasteiger partial charge in [0.15, 0.2) is 0 Å². The average molecular weight is 291 g/mol.